The molecular weight excluding hydrogens is 520 g/mol. The molecule has 1 N–H and O–H groups in total. The van der Waals surface area contributed by atoms with E-state index in [4.69, 9.17) is 16.3 Å². The standard InChI is InChI=1S/C30H29ClN2O6/c1-29(2,3)39-28(36)32-23-12-8-7-11-22(23)30(27(32)35)24(34)17-21(18-9-5-4-6-10-18)26(33(37)38)25(30)19-13-15-20(31)16-14-19/h4-16,21,24-26,34H,17H2,1-3H3/t21-,24-,25-,26-,30-/m0/s1. The highest BCUT2D eigenvalue weighted by Crippen LogP contribution is 2.60. The topological polar surface area (TPSA) is 110 Å². The van der Waals surface area contributed by atoms with Gasteiger partial charge in [0.1, 0.15) is 11.0 Å². The number of benzene rings is 3. The number of carbonyl (C=O) groups excluding carboxylic acids is 2. The summed E-state index contributed by atoms with van der Waals surface area (Å²) < 4.78 is 5.57. The van der Waals surface area contributed by atoms with Gasteiger partial charge >= 0.3 is 6.09 Å². The van der Waals surface area contributed by atoms with Crippen LogP contribution < -0.4 is 4.90 Å². The molecule has 3 aromatic rings. The Balaban J connectivity index is 1.78. The molecule has 1 heterocycles. The first-order valence-electron chi connectivity index (χ1n) is 12.8. The number of carbonyl (C=O) groups is 2. The lowest BCUT2D eigenvalue weighted by molar-refractivity contribution is -0.537. The average Bonchev–Trinajstić information content (AvgIpc) is 3.14. The first-order chi connectivity index (χ1) is 18.5. The van der Waals surface area contributed by atoms with Gasteiger partial charge in [0.05, 0.1) is 23.6 Å². The molecule has 202 valence electrons. The van der Waals surface area contributed by atoms with Crippen LogP contribution >= 0.6 is 11.6 Å². The van der Waals surface area contributed by atoms with Crippen molar-refractivity contribution in [2.45, 2.75) is 62.2 Å². The van der Waals surface area contributed by atoms with Crippen molar-refractivity contribution in [1.29, 1.82) is 0 Å². The van der Waals surface area contributed by atoms with Crippen molar-refractivity contribution in [1.82, 2.24) is 0 Å². The van der Waals surface area contributed by atoms with Crippen molar-refractivity contribution in [3.63, 3.8) is 0 Å². The predicted molar refractivity (Wildman–Crippen MR) is 147 cm³/mol. The van der Waals surface area contributed by atoms with Crippen LogP contribution in [0.15, 0.2) is 78.9 Å². The summed E-state index contributed by atoms with van der Waals surface area (Å²) in [6, 6.07) is 20.8. The van der Waals surface area contributed by atoms with E-state index in [0.29, 0.717) is 21.7 Å². The Hall–Kier alpha value is -3.75. The van der Waals surface area contributed by atoms with Gasteiger partial charge in [0.25, 0.3) is 5.91 Å². The number of ether oxygens (including phenoxy) is 1. The molecule has 2 aliphatic rings. The van der Waals surface area contributed by atoms with E-state index >= 15 is 0 Å². The molecule has 8 nitrogen and oxygen atoms in total. The van der Waals surface area contributed by atoms with Gasteiger partial charge in [0, 0.05) is 9.95 Å². The van der Waals surface area contributed by atoms with Gasteiger partial charge < -0.3 is 9.84 Å². The van der Waals surface area contributed by atoms with Gasteiger partial charge in [-0.25, -0.2) is 9.69 Å². The van der Waals surface area contributed by atoms with E-state index < -0.39 is 47.0 Å². The maximum absolute atomic E-state index is 14.6. The van der Waals surface area contributed by atoms with Gasteiger partial charge in [-0.15, -0.1) is 0 Å². The van der Waals surface area contributed by atoms with Crippen LogP contribution in [0.2, 0.25) is 5.02 Å². The molecule has 0 bridgehead atoms. The summed E-state index contributed by atoms with van der Waals surface area (Å²) in [5.41, 5.74) is -0.957. The average molecular weight is 549 g/mol. The van der Waals surface area contributed by atoms with Gasteiger partial charge in [0.2, 0.25) is 6.04 Å². The lowest BCUT2D eigenvalue weighted by Crippen LogP contribution is -2.62. The van der Waals surface area contributed by atoms with Crippen molar-refractivity contribution >= 4 is 29.3 Å². The number of amides is 2. The molecule has 1 spiro atoms. The van der Waals surface area contributed by atoms with Gasteiger partial charge in [0.15, 0.2) is 0 Å². The number of nitro groups is 1. The van der Waals surface area contributed by atoms with Crippen LogP contribution in [0.3, 0.4) is 0 Å². The van der Waals surface area contributed by atoms with E-state index in [1.807, 2.05) is 6.07 Å². The minimum atomic E-state index is -1.82. The molecule has 39 heavy (non-hydrogen) atoms. The van der Waals surface area contributed by atoms with Crippen LogP contribution in [0.1, 0.15) is 55.7 Å². The Morgan fingerprint density at radius 3 is 2.26 bits per heavy atom. The van der Waals surface area contributed by atoms with E-state index in [0.717, 1.165) is 4.90 Å². The van der Waals surface area contributed by atoms with Crippen LogP contribution in [0.5, 0.6) is 0 Å². The van der Waals surface area contributed by atoms with Crippen LogP contribution in [-0.2, 0) is 14.9 Å². The molecule has 5 rings (SSSR count). The molecular formula is C30H29ClN2O6. The molecule has 1 aliphatic carbocycles. The highest BCUT2D eigenvalue weighted by Gasteiger charge is 2.69. The van der Waals surface area contributed by atoms with Crippen LogP contribution in [0, 0.1) is 10.1 Å². The van der Waals surface area contributed by atoms with Crippen LogP contribution in [0.25, 0.3) is 0 Å². The molecule has 1 saturated carbocycles. The SMILES string of the molecule is CC(C)(C)OC(=O)N1C(=O)[C@@]2(c3ccccc31)[C@@H](O)C[C@@H](c1ccccc1)[C@H]([N+](=O)[O-])[C@@H]2c1ccc(Cl)cc1. The molecule has 5 atom stereocenters. The Kier molecular flexibility index (Phi) is 6.73. The summed E-state index contributed by atoms with van der Waals surface area (Å²) in [5, 5.41) is 25.3. The van der Waals surface area contributed by atoms with Crippen molar-refractivity contribution in [2.75, 3.05) is 4.90 Å². The van der Waals surface area contributed by atoms with Gasteiger partial charge in [-0.3, -0.25) is 14.9 Å². The van der Waals surface area contributed by atoms with Crippen molar-refractivity contribution < 1.29 is 24.4 Å². The number of halogens is 1. The normalized spacial score (nSPS) is 26.4. The number of hydrogen-bond donors (Lipinski definition) is 1. The Morgan fingerprint density at radius 2 is 1.64 bits per heavy atom. The molecule has 0 unspecified atom stereocenters. The number of para-hydroxylation sites is 1. The Bertz CT molecular complexity index is 1420. The fourth-order valence-corrected chi connectivity index (χ4v) is 6.37. The Morgan fingerprint density at radius 1 is 1.03 bits per heavy atom. The minimum Gasteiger partial charge on any atom is -0.443 e. The van der Waals surface area contributed by atoms with Crippen LogP contribution in [0.4, 0.5) is 10.5 Å². The predicted octanol–water partition coefficient (Wildman–Crippen LogP) is 5.84. The van der Waals surface area contributed by atoms with Crippen molar-refractivity contribution in [3.05, 3.63) is 111 Å². The second-order valence-electron chi connectivity index (χ2n) is 11.1. The fourth-order valence-electron chi connectivity index (χ4n) is 6.25. The number of hydrogen-bond acceptors (Lipinski definition) is 6. The second kappa shape index (κ2) is 9.77. The summed E-state index contributed by atoms with van der Waals surface area (Å²) in [5.74, 6) is -2.57. The third-order valence-electron chi connectivity index (χ3n) is 7.67. The first-order valence-corrected chi connectivity index (χ1v) is 13.1. The van der Waals surface area contributed by atoms with Gasteiger partial charge in [-0.1, -0.05) is 72.3 Å². The zero-order chi connectivity index (χ0) is 28.1. The van der Waals surface area contributed by atoms with E-state index in [1.165, 1.54) is 0 Å². The summed E-state index contributed by atoms with van der Waals surface area (Å²) in [7, 11) is 0. The maximum atomic E-state index is 14.6. The summed E-state index contributed by atoms with van der Waals surface area (Å²) in [6.07, 6.45) is -2.30. The lowest BCUT2D eigenvalue weighted by Gasteiger charge is -2.47. The molecule has 9 heteroatoms. The third-order valence-corrected chi connectivity index (χ3v) is 7.92. The highest BCUT2D eigenvalue weighted by atomic mass is 35.5. The molecule has 0 saturated heterocycles. The summed E-state index contributed by atoms with van der Waals surface area (Å²) in [4.78, 5) is 41.5. The molecule has 2 amide bonds. The molecule has 1 aliphatic heterocycles. The van der Waals surface area contributed by atoms with Gasteiger partial charge in [-0.05, 0) is 62.1 Å². The summed E-state index contributed by atoms with van der Waals surface area (Å²) >= 11 is 6.17. The second-order valence-corrected chi connectivity index (χ2v) is 11.5. The number of rotatable bonds is 3. The van der Waals surface area contributed by atoms with Crippen LogP contribution in [-0.4, -0.2) is 39.8 Å². The highest BCUT2D eigenvalue weighted by molar-refractivity contribution is 6.30. The van der Waals surface area contributed by atoms with Crippen molar-refractivity contribution in [2.24, 2.45) is 0 Å². The van der Waals surface area contributed by atoms with Gasteiger partial charge in [-0.2, -0.15) is 0 Å². The largest absolute Gasteiger partial charge is 0.443 e. The van der Waals surface area contributed by atoms with E-state index in [-0.39, 0.29) is 17.0 Å². The Labute approximate surface area is 231 Å². The third kappa shape index (κ3) is 4.37. The molecule has 0 aromatic heterocycles. The monoisotopic (exact) mass is 548 g/mol. The zero-order valence-electron chi connectivity index (χ0n) is 21.8. The number of aliphatic hydroxyl groups is 1. The number of nitrogens with zero attached hydrogens (tertiary/aromatic N) is 2. The zero-order valence-corrected chi connectivity index (χ0v) is 22.5. The smallest absolute Gasteiger partial charge is 0.421 e. The maximum Gasteiger partial charge on any atom is 0.421 e. The molecule has 3 aromatic carbocycles. The minimum absolute atomic E-state index is 0.0536. The number of anilines is 1. The summed E-state index contributed by atoms with van der Waals surface area (Å²) in [6.45, 7) is 5.06. The molecule has 1 fully saturated rings. The van der Waals surface area contributed by atoms with Crippen molar-refractivity contribution in [3.8, 4) is 0 Å². The van der Waals surface area contributed by atoms with E-state index in [2.05, 4.69) is 0 Å². The lowest BCUT2D eigenvalue weighted by atomic mass is 9.54. The first kappa shape index (κ1) is 26.8. The number of aliphatic hydroxyl groups excluding tert-OH is 1. The fraction of sp³-hybridized carbons (Fsp3) is 0.333. The number of imide groups is 1. The quantitative estimate of drug-likeness (QED) is 0.325. The van der Waals surface area contributed by atoms with E-state index in [9.17, 15) is 24.8 Å². The molecule has 0 radical (unpaired) electrons. The van der Waals surface area contributed by atoms with E-state index in [1.54, 1.807) is 93.6 Å². The number of fused-ring (bicyclic) bond motifs is 2.